The number of nitrogen functional groups attached to an aromatic ring is 1. The van der Waals surface area contributed by atoms with Crippen LogP contribution in [0.25, 0.3) is 0 Å². The number of rotatable bonds is 31. The third-order valence-corrected chi connectivity index (χ3v) is 75.7. The number of amides is 8. The van der Waals surface area contributed by atoms with E-state index in [0.29, 0.717) is 96.3 Å². The molecule has 0 spiro atoms. The molecule has 0 bridgehead atoms. The van der Waals surface area contributed by atoms with Crippen LogP contribution in [-0.4, -0.2) is 154 Å². The average Bonchev–Trinajstić information content (AvgIpc) is 1.71. The molecular formula is C58H62AcCl10Hg7N21NaO16. The van der Waals surface area contributed by atoms with Gasteiger partial charge in [0.15, 0.2) is 0 Å². The first kappa shape index (κ1) is 113. The number of carbonyl (C=O) groups is 13. The summed E-state index contributed by atoms with van der Waals surface area (Å²) in [7, 11) is 54.7. The van der Waals surface area contributed by atoms with Gasteiger partial charge in [-0.1, -0.05) is 0 Å². The molecule has 583 valence electrons. The molecular weight excluding hydrogens is 3260 g/mol. The van der Waals surface area contributed by atoms with E-state index in [0.717, 1.165) is 18.8 Å². The Hall–Kier alpha value is -1.46. The standard InChI is InChI=1S/C22H25N9O4.C15H21N7O2.C7H5ClN2O2.C6H6N2O3.C6H4NO2.C2Cl2O2.Ac.7ClH.7Hg.Na.H2O/c1-29-9-13(26-12-32)6-17(29)21(34)28-15-8-18(31(3)11-15)22(35)27-14-7-16(30(2)10-14)20(33)25-5-4-19(23)24;1-21-7-9(16)5-11(21)15(24)20-10-6-12(22(2)8-10)14(23)19-4-3-13(17)18;1-10-3-5(9-4-11)2-6(10)7(8)12;9-3-8-4-1-5(6(10)11)7-2-4;1-7-4-2-3-5(7)6(8)9;3-1(5)2(4)6;;;;;;;;;;;;;;;;;/h7-8,10-12H,4-5H2,1-3H3,(H3,23,24)(H,25,33)(H,26,32)(H,27,35)(H,28,34);5-8H,3-4,16H2,1-2H3,(H3,17,18)(H,19,23)(H,20,24);4H,1H3,(H,9,11);1-3,7H,(H,8,9)(H,10,11);1H3,(H,8,9);;;7*1H;;;;;;;;;1H2/q;;;;;;;;;;;;;;8*+1;/p-8/i;;;;;;;;;;;;;;3*1+0;;;;;;. The minimum absolute atomic E-state index is 0. The number of nitrogens with one attached hydrogen (secondary N) is 11. The molecule has 1 radical (unpaired) electrons. The quantitative estimate of drug-likeness (QED) is 0.00646. The average molecular weight is 3320 g/mol. The fourth-order valence-electron chi connectivity index (χ4n) is 10.2. The number of hydrogen-bond donors (Lipinski definition) is 16. The molecule has 0 atom stereocenters. The van der Waals surface area contributed by atoms with Crippen LogP contribution in [0, 0.1) is 54.9 Å². The van der Waals surface area contributed by atoms with Gasteiger partial charge in [-0.05, 0) is 41.4 Å². The molecule has 37 nitrogen and oxygen atoms in total. The number of aromatic nitrogens is 8. The van der Waals surface area contributed by atoms with Gasteiger partial charge in [-0.25, -0.2) is 4.79 Å². The van der Waals surface area contributed by atoms with Crippen LogP contribution < -0.4 is 111 Å². The van der Waals surface area contributed by atoms with E-state index >= 15 is 0 Å². The molecule has 114 heavy (non-hydrogen) atoms. The van der Waals surface area contributed by atoms with Gasteiger partial charge < -0.3 is 63.2 Å². The van der Waals surface area contributed by atoms with Crippen molar-refractivity contribution < 1.29 is 315 Å². The van der Waals surface area contributed by atoms with E-state index in [9.17, 15) is 62.3 Å². The van der Waals surface area contributed by atoms with E-state index in [1.165, 1.54) is 24.4 Å². The second-order valence-corrected chi connectivity index (χ2v) is 66.1. The summed E-state index contributed by atoms with van der Waals surface area (Å²) >= 11 is 1.64. The molecule has 0 aliphatic rings. The molecule has 0 unspecified atom stereocenters. The van der Waals surface area contributed by atoms with Gasteiger partial charge in [-0.2, -0.15) is 0 Å². The van der Waals surface area contributed by atoms with E-state index in [1.54, 1.807) is 118 Å². The minimum Gasteiger partial charge on any atom is -0.870 e. The Bertz CT molecular complexity index is 4810. The number of nitrogens with zero attached hydrogens (tertiary/aromatic N) is 7. The van der Waals surface area contributed by atoms with Crippen LogP contribution in [0.2, 0.25) is 0 Å². The van der Waals surface area contributed by atoms with E-state index in [2.05, 4.69) is 70.7 Å². The summed E-state index contributed by atoms with van der Waals surface area (Å²) in [5, 5.41) is 50.3. The SMILES string of the molecule is Cn1[c]([Hg][Cl])[c]([Hg][Cl])[c]([201Hg][Cl])c1C(=O)O.Cn1[c]([Hg][Cl])c(NC=O)[c]([201Hg][Cl])c1C(=O)Cl.Cn1cc(NC(=O)c2cc(N)cn2C)cc1C(=O)NCCC(=N)N.Cn1cc(NC(=O)c2cc(NC(=O)c3[c]([201Hg][Cl])c(NC=O)[c]([Hg][Cl])n3C)cn2C)cc1C(=O)NCCC(=N)N.O=C(Cl)C(=O)Cl.O=CNc1c[nH]c(C(=O)O)c1.[Ac].[Na+].[OH-]. The van der Waals surface area contributed by atoms with Gasteiger partial charge in [0.2, 0.25) is 6.41 Å². The summed E-state index contributed by atoms with van der Waals surface area (Å²) in [6, 6.07) is 7.55. The molecule has 0 fully saturated rings. The molecule has 8 rings (SSSR count). The van der Waals surface area contributed by atoms with Gasteiger partial charge >= 0.3 is 518 Å². The fourth-order valence-corrected chi connectivity index (χ4v) is 102. The van der Waals surface area contributed by atoms with Crippen LogP contribution in [0.5, 0.6) is 0 Å². The van der Waals surface area contributed by atoms with Crippen molar-refractivity contribution in [3.8, 4) is 0 Å². The number of H-pyrrole nitrogens is 1. The number of carboxylic acid groups (broad SMARTS) is 2. The monoisotopic (exact) mass is 3320 g/mol. The molecule has 8 amide bonds. The predicted octanol–water partition coefficient (Wildman–Crippen LogP) is -0.563. The fraction of sp³-hybridized carbons (Fsp3) is 0.190. The third-order valence-electron chi connectivity index (χ3n) is 15.3. The molecule has 0 saturated carbocycles. The number of carboxylic acids is 2. The molecule has 0 saturated heterocycles. The summed E-state index contributed by atoms with van der Waals surface area (Å²) < 4.78 is 17.8. The van der Waals surface area contributed by atoms with E-state index < -0.39 is 203 Å². The summed E-state index contributed by atoms with van der Waals surface area (Å²) in [5.74, 6) is -3.79. The number of aromatic carboxylic acids is 2. The molecule has 20 N–H and O–H groups in total. The zero-order valence-corrected chi connectivity index (χ0v) is 114. The van der Waals surface area contributed by atoms with Crippen molar-refractivity contribution in [1.29, 1.82) is 10.8 Å². The van der Waals surface area contributed by atoms with E-state index in [4.69, 9.17) is 108 Å². The normalized spacial score (nSPS) is 9.48. The number of halogens is 10. The van der Waals surface area contributed by atoms with Crippen molar-refractivity contribution >= 4 is 242 Å². The number of anilines is 7. The topological polar surface area (TPSA) is 565 Å². The van der Waals surface area contributed by atoms with Crippen molar-refractivity contribution in [2.75, 3.05) is 50.7 Å². The van der Waals surface area contributed by atoms with Crippen LogP contribution in [0.4, 0.5) is 39.8 Å². The molecule has 56 heteroatoms. The van der Waals surface area contributed by atoms with E-state index in [-0.39, 0.29) is 146 Å². The molecule has 0 aromatic carbocycles. The summed E-state index contributed by atoms with van der Waals surface area (Å²) in [4.78, 5) is 149. The van der Waals surface area contributed by atoms with Gasteiger partial charge in [0.05, 0.1) is 28.7 Å². The number of aromatic amines is 1. The number of carbonyl (C=O) groups excluding carboxylic acids is 11. The Morgan fingerprint density at radius 1 is 0.465 bits per heavy atom. The Morgan fingerprint density at radius 2 is 0.816 bits per heavy atom. The third kappa shape index (κ3) is 33.6. The first-order chi connectivity index (χ1) is 52.3. The smallest absolute Gasteiger partial charge is 0.870 e. The molecule has 8 heterocycles. The van der Waals surface area contributed by atoms with Crippen molar-refractivity contribution in [3.63, 3.8) is 0 Å². The molecule has 0 aliphatic carbocycles. The number of nitrogens with two attached hydrogens (primary N) is 3. The van der Waals surface area contributed by atoms with E-state index in [1.807, 2.05) is 0 Å². The van der Waals surface area contributed by atoms with Crippen LogP contribution in [0.15, 0.2) is 61.3 Å². The summed E-state index contributed by atoms with van der Waals surface area (Å²) in [5.41, 5.74) is 22.3. The maximum atomic E-state index is 13.2. The van der Waals surface area contributed by atoms with Crippen LogP contribution in [-0.2, 0) is 237 Å². The van der Waals surface area contributed by atoms with Gasteiger partial charge in [0.1, 0.15) is 17.1 Å². The number of aryl methyl sites for hydroxylation is 4. The Balaban J connectivity index is 0.00000146. The van der Waals surface area contributed by atoms with Gasteiger partial charge in [0.25, 0.3) is 17.7 Å². The van der Waals surface area contributed by atoms with Crippen molar-refractivity contribution in [2.45, 2.75) is 12.8 Å². The van der Waals surface area contributed by atoms with Crippen LogP contribution in [0.3, 0.4) is 0 Å². The predicted molar refractivity (Wildman–Crippen MR) is 400 cm³/mol. The molecule has 8 aromatic heterocycles. The zero-order chi connectivity index (χ0) is 84.0. The second kappa shape index (κ2) is 57.1. The molecule has 0 aliphatic heterocycles. The van der Waals surface area contributed by atoms with Gasteiger partial charge in [0, 0.05) is 110 Å². The van der Waals surface area contributed by atoms with Crippen LogP contribution in [0.1, 0.15) is 96.7 Å². The number of amidine groups is 2. The Morgan fingerprint density at radius 3 is 1.13 bits per heavy atom. The van der Waals surface area contributed by atoms with Crippen LogP contribution >= 0.6 is 92.5 Å². The minimum atomic E-state index is -2.18. The Kier molecular flexibility index (Phi) is 56.3. The first-order valence-corrected chi connectivity index (χ1v) is 99.0. The van der Waals surface area contributed by atoms with Gasteiger partial charge in [-0.15, -0.1) is 0 Å². The number of hydrogen-bond acceptors (Lipinski definition) is 17. The van der Waals surface area contributed by atoms with Crippen molar-refractivity contribution in [3.05, 3.63) is 107 Å². The van der Waals surface area contributed by atoms with Gasteiger partial charge in [-0.3, -0.25) is 39.6 Å². The first-order valence-electron chi connectivity index (χ1n) is 31.3. The Labute approximate surface area is 832 Å². The second-order valence-electron chi connectivity index (χ2n) is 22.6. The summed E-state index contributed by atoms with van der Waals surface area (Å²) in [6.45, 7) is 0.506. The zero-order valence-electron chi connectivity index (χ0n) is 61.7. The molecule has 8 aromatic rings. The van der Waals surface area contributed by atoms with Crippen molar-refractivity contribution in [1.82, 2.24) is 47.6 Å². The summed E-state index contributed by atoms with van der Waals surface area (Å²) in [6.07, 6.45) is 10.0. The van der Waals surface area contributed by atoms with Crippen molar-refractivity contribution in [2.24, 2.45) is 60.8 Å². The maximum absolute atomic E-state index is 13.2.